The maximum Gasteiger partial charge on any atom is 0.319 e. The van der Waals surface area contributed by atoms with Crippen LogP contribution in [0.5, 0.6) is 6.01 Å². The zero-order valence-electron chi connectivity index (χ0n) is 16.8. The third-order valence-electron chi connectivity index (χ3n) is 6.63. The summed E-state index contributed by atoms with van der Waals surface area (Å²) in [5.74, 6) is -0.511. The normalized spacial score (nSPS) is 31.4. The van der Waals surface area contributed by atoms with Crippen molar-refractivity contribution in [3.05, 3.63) is 17.2 Å². The Morgan fingerprint density at radius 1 is 1.26 bits per heavy atom. The summed E-state index contributed by atoms with van der Waals surface area (Å²) in [4.78, 5) is 16.3. The van der Waals surface area contributed by atoms with E-state index in [4.69, 9.17) is 16.3 Å². The van der Waals surface area contributed by atoms with Crippen molar-refractivity contribution >= 4 is 28.3 Å². The fourth-order valence-electron chi connectivity index (χ4n) is 5.05. The third kappa shape index (κ3) is 3.68. The summed E-state index contributed by atoms with van der Waals surface area (Å²) >= 11 is 5.85. The molecule has 5 heterocycles. The van der Waals surface area contributed by atoms with Crippen molar-refractivity contribution in [3.63, 3.8) is 0 Å². The predicted molar refractivity (Wildman–Crippen MR) is 109 cm³/mol. The van der Waals surface area contributed by atoms with Crippen molar-refractivity contribution < 1.29 is 23.0 Å². The molecule has 4 atom stereocenters. The van der Waals surface area contributed by atoms with Gasteiger partial charge in [-0.05, 0) is 25.8 Å². The zero-order chi connectivity index (χ0) is 21.8. The molecule has 7 nitrogen and oxygen atoms in total. The Kier molecular flexibility index (Phi) is 5.34. The highest BCUT2D eigenvalue weighted by molar-refractivity contribution is 6.30. The Labute approximate surface area is 182 Å². The molecule has 3 aliphatic rings. The van der Waals surface area contributed by atoms with Gasteiger partial charge in [-0.2, -0.15) is 9.97 Å². The van der Waals surface area contributed by atoms with Crippen molar-refractivity contribution in [3.8, 4) is 6.01 Å². The van der Waals surface area contributed by atoms with Crippen molar-refractivity contribution in [2.75, 3.05) is 37.7 Å². The minimum atomic E-state index is -1.33. The number of rotatable bonds is 4. The van der Waals surface area contributed by atoms with E-state index in [2.05, 4.69) is 19.9 Å². The molecule has 0 spiro atoms. The van der Waals surface area contributed by atoms with E-state index in [0.717, 1.165) is 19.4 Å². The number of aromatic nitrogens is 3. The fraction of sp³-hybridized carbons (Fsp3) is 0.650. The predicted octanol–water partition coefficient (Wildman–Crippen LogP) is 2.68. The van der Waals surface area contributed by atoms with E-state index in [0.29, 0.717) is 24.2 Å². The lowest BCUT2D eigenvalue weighted by atomic mass is 9.95. The van der Waals surface area contributed by atoms with Crippen molar-refractivity contribution in [2.24, 2.45) is 0 Å². The second-order valence-corrected chi connectivity index (χ2v) is 9.00. The van der Waals surface area contributed by atoms with Crippen LogP contribution in [0.3, 0.4) is 0 Å². The van der Waals surface area contributed by atoms with Gasteiger partial charge >= 0.3 is 6.01 Å². The number of piperidine rings is 1. The second kappa shape index (κ2) is 7.90. The van der Waals surface area contributed by atoms with Gasteiger partial charge in [-0.3, -0.25) is 4.90 Å². The van der Waals surface area contributed by atoms with Gasteiger partial charge in [0.15, 0.2) is 11.0 Å². The first kappa shape index (κ1) is 21.0. The van der Waals surface area contributed by atoms with Crippen LogP contribution in [0.15, 0.2) is 6.20 Å². The number of pyridine rings is 1. The lowest BCUT2D eigenvalue weighted by Gasteiger charge is -2.34. The summed E-state index contributed by atoms with van der Waals surface area (Å²) in [5, 5.41) is 9.94. The van der Waals surface area contributed by atoms with Crippen LogP contribution in [0.2, 0.25) is 5.15 Å². The fourth-order valence-corrected chi connectivity index (χ4v) is 5.19. The lowest BCUT2D eigenvalue weighted by Crippen LogP contribution is -2.45. The van der Waals surface area contributed by atoms with Crippen LogP contribution in [0.1, 0.15) is 25.7 Å². The number of alkyl halides is 2. The van der Waals surface area contributed by atoms with E-state index < -0.39 is 29.8 Å². The molecule has 0 radical (unpaired) electrons. The molecule has 0 aromatic carbocycles. The minimum absolute atomic E-state index is 0.00177. The number of aliphatic hydroxyl groups is 1. The molecule has 168 valence electrons. The Bertz CT molecular complexity index is 1000. The van der Waals surface area contributed by atoms with Crippen molar-refractivity contribution in [1.82, 2.24) is 19.9 Å². The summed E-state index contributed by atoms with van der Waals surface area (Å²) in [5.41, 5.74) is -0.470. The molecular weight excluding hydrogens is 435 g/mol. The van der Waals surface area contributed by atoms with Gasteiger partial charge in [0.1, 0.15) is 36.4 Å². The lowest BCUT2D eigenvalue weighted by molar-refractivity contribution is 0.0642. The molecule has 11 heteroatoms. The highest BCUT2D eigenvalue weighted by Crippen LogP contribution is 2.40. The van der Waals surface area contributed by atoms with Gasteiger partial charge in [0.05, 0.1) is 10.9 Å². The number of nitrogens with zero attached hydrogens (tertiary/aromatic N) is 5. The van der Waals surface area contributed by atoms with Crippen LogP contribution in [-0.4, -0.2) is 81.7 Å². The largest absolute Gasteiger partial charge is 0.461 e. The van der Waals surface area contributed by atoms with E-state index in [1.165, 1.54) is 6.20 Å². The summed E-state index contributed by atoms with van der Waals surface area (Å²) in [7, 11) is 0. The molecule has 3 aliphatic heterocycles. The molecule has 3 fully saturated rings. The van der Waals surface area contributed by atoms with Crippen LogP contribution < -0.4 is 9.64 Å². The average molecular weight is 458 g/mol. The van der Waals surface area contributed by atoms with Crippen molar-refractivity contribution in [2.45, 2.75) is 49.7 Å². The standard InChI is InChI=1S/C20H23ClF3N5O2/c21-17-15(24)16-12(7-25-17)18(28-5-2-13(23)14(30)9-28)27-19(26-16)31-10-20-3-1-4-29(20)8-11(22)6-20/h7,11,13-14,30H,1-6,8-10H2/t11-,13+,14+,20+/m1/s1. The van der Waals surface area contributed by atoms with E-state index >= 15 is 0 Å². The van der Waals surface area contributed by atoms with Gasteiger partial charge in [-0.1, -0.05) is 11.6 Å². The molecular formula is C20H23ClF3N5O2. The van der Waals surface area contributed by atoms with Gasteiger partial charge in [-0.25, -0.2) is 18.2 Å². The number of aliphatic hydroxyl groups excluding tert-OH is 1. The van der Waals surface area contributed by atoms with Crippen molar-refractivity contribution in [1.29, 1.82) is 0 Å². The van der Waals surface area contributed by atoms with Gasteiger partial charge in [0, 0.05) is 32.3 Å². The number of β-amino-alcohol motifs (C(OH)–C–C–N with tert-alkyl or cyclic N) is 1. The summed E-state index contributed by atoms with van der Waals surface area (Å²) in [6, 6.07) is -0.0657. The number of fused-ring (bicyclic) bond motifs is 2. The van der Waals surface area contributed by atoms with E-state index in [1.54, 1.807) is 4.90 Å². The quantitative estimate of drug-likeness (QED) is 0.707. The van der Waals surface area contributed by atoms with Gasteiger partial charge in [0.2, 0.25) is 0 Å². The highest BCUT2D eigenvalue weighted by atomic mass is 35.5. The molecule has 1 N–H and O–H groups in total. The van der Waals surface area contributed by atoms with Crippen LogP contribution in [0.25, 0.3) is 10.9 Å². The molecule has 2 aromatic heterocycles. The topological polar surface area (TPSA) is 74.6 Å². The highest BCUT2D eigenvalue weighted by Gasteiger charge is 2.49. The van der Waals surface area contributed by atoms with Crippen LogP contribution in [0, 0.1) is 5.82 Å². The Balaban J connectivity index is 1.49. The van der Waals surface area contributed by atoms with E-state index in [1.807, 2.05) is 0 Å². The smallest absolute Gasteiger partial charge is 0.319 e. The molecule has 5 rings (SSSR count). The molecule has 3 saturated heterocycles. The summed E-state index contributed by atoms with van der Waals surface area (Å²) < 4.78 is 48.4. The molecule has 2 aromatic rings. The SMILES string of the molecule is O[C@H]1CN(c2nc(OC[C@@]34CCCN3C[C@H](F)C4)nc3c(F)c(Cl)ncc23)CC[C@@H]1F. The van der Waals surface area contributed by atoms with Gasteiger partial charge < -0.3 is 14.7 Å². The Morgan fingerprint density at radius 3 is 2.90 bits per heavy atom. The molecule has 0 saturated carbocycles. The number of ether oxygens (including phenoxy) is 1. The average Bonchev–Trinajstić information content (AvgIpc) is 3.26. The number of hydrogen-bond acceptors (Lipinski definition) is 7. The third-order valence-corrected chi connectivity index (χ3v) is 6.89. The van der Waals surface area contributed by atoms with Crippen LogP contribution in [-0.2, 0) is 0 Å². The number of hydrogen-bond donors (Lipinski definition) is 1. The zero-order valence-corrected chi connectivity index (χ0v) is 17.5. The first-order chi connectivity index (χ1) is 14.9. The van der Waals surface area contributed by atoms with Crippen LogP contribution in [0.4, 0.5) is 19.0 Å². The maximum atomic E-state index is 14.7. The summed E-state index contributed by atoms with van der Waals surface area (Å²) in [6.45, 7) is 1.68. The number of halogens is 4. The minimum Gasteiger partial charge on any atom is -0.461 e. The Hall–Kier alpha value is -1.91. The van der Waals surface area contributed by atoms with Gasteiger partial charge in [-0.15, -0.1) is 0 Å². The monoisotopic (exact) mass is 457 g/mol. The number of anilines is 1. The van der Waals surface area contributed by atoms with E-state index in [9.17, 15) is 18.3 Å². The first-order valence-corrected chi connectivity index (χ1v) is 10.8. The first-order valence-electron chi connectivity index (χ1n) is 10.5. The molecule has 0 unspecified atom stereocenters. The van der Waals surface area contributed by atoms with Crippen LogP contribution >= 0.6 is 11.6 Å². The van der Waals surface area contributed by atoms with E-state index in [-0.39, 0.29) is 42.8 Å². The molecule has 31 heavy (non-hydrogen) atoms. The second-order valence-electron chi connectivity index (χ2n) is 8.64. The molecule has 0 amide bonds. The van der Waals surface area contributed by atoms with Gasteiger partial charge in [0.25, 0.3) is 0 Å². The molecule has 0 aliphatic carbocycles. The Morgan fingerprint density at radius 2 is 2.10 bits per heavy atom. The maximum absolute atomic E-state index is 14.7. The molecule has 0 bridgehead atoms. The summed E-state index contributed by atoms with van der Waals surface area (Å²) in [6.07, 6.45) is 0.223.